The molecule has 2 aromatic carbocycles. The van der Waals surface area contributed by atoms with E-state index in [0.717, 1.165) is 11.1 Å². The minimum Gasteiger partial charge on any atom is -0.478 e. The summed E-state index contributed by atoms with van der Waals surface area (Å²) in [4.78, 5) is 11.2. The van der Waals surface area contributed by atoms with Crippen molar-refractivity contribution in [1.29, 1.82) is 0 Å². The van der Waals surface area contributed by atoms with Gasteiger partial charge < -0.3 is 10.8 Å². The summed E-state index contributed by atoms with van der Waals surface area (Å²) >= 11 is 0. The van der Waals surface area contributed by atoms with Crippen LogP contribution in [0, 0.1) is 6.92 Å². The number of hydrogen-bond donors (Lipinski definition) is 2. The number of aromatic carboxylic acids is 1. The molecule has 0 aromatic heterocycles. The molecule has 18 heavy (non-hydrogen) atoms. The van der Waals surface area contributed by atoms with Crippen molar-refractivity contribution in [3.63, 3.8) is 0 Å². The highest BCUT2D eigenvalue weighted by Crippen LogP contribution is 2.24. The number of aryl methyl sites for hydroxylation is 1. The second-order valence-corrected chi connectivity index (χ2v) is 4.29. The van der Waals surface area contributed by atoms with E-state index >= 15 is 0 Å². The Bertz CT molecular complexity index is 577. The van der Waals surface area contributed by atoms with Gasteiger partial charge in [0.05, 0.1) is 5.56 Å². The normalized spacial score (nSPS) is 10.3. The van der Waals surface area contributed by atoms with Crippen molar-refractivity contribution < 1.29 is 9.90 Å². The Morgan fingerprint density at radius 3 is 2.44 bits per heavy atom. The lowest BCUT2D eigenvalue weighted by molar-refractivity contribution is 0.0696. The summed E-state index contributed by atoms with van der Waals surface area (Å²) in [6.45, 7) is 1.88. The van der Waals surface area contributed by atoms with Gasteiger partial charge in [-0.1, -0.05) is 36.4 Å². The van der Waals surface area contributed by atoms with Crippen LogP contribution in [0.4, 0.5) is 5.69 Å². The Balaban J connectivity index is 2.48. The predicted octanol–water partition coefficient (Wildman–Crippen LogP) is 2.87. The molecule has 2 aromatic rings. The quantitative estimate of drug-likeness (QED) is 0.812. The third-order valence-electron chi connectivity index (χ3n) is 3.03. The zero-order valence-corrected chi connectivity index (χ0v) is 10.2. The first-order valence-corrected chi connectivity index (χ1v) is 5.74. The van der Waals surface area contributed by atoms with E-state index in [1.54, 1.807) is 12.1 Å². The molecule has 3 heteroatoms. The van der Waals surface area contributed by atoms with Crippen LogP contribution in [0.1, 0.15) is 27.0 Å². The molecule has 0 spiro atoms. The molecule has 0 saturated carbocycles. The van der Waals surface area contributed by atoms with Crippen molar-refractivity contribution in [3.05, 3.63) is 64.7 Å². The topological polar surface area (TPSA) is 63.3 Å². The van der Waals surface area contributed by atoms with Crippen LogP contribution in [0.25, 0.3) is 0 Å². The SMILES string of the molecule is Cc1ccc(C(=O)O)c(Cc2ccccc2)c1N. The molecule has 2 rings (SSSR count). The minimum atomic E-state index is -0.937. The van der Waals surface area contributed by atoms with Crippen LogP contribution in [0.3, 0.4) is 0 Å². The number of carboxylic acid groups (broad SMARTS) is 1. The average molecular weight is 241 g/mol. The van der Waals surface area contributed by atoms with Gasteiger partial charge in [0.2, 0.25) is 0 Å². The van der Waals surface area contributed by atoms with Gasteiger partial charge in [-0.3, -0.25) is 0 Å². The molecule has 0 bridgehead atoms. The van der Waals surface area contributed by atoms with Gasteiger partial charge in [0.15, 0.2) is 0 Å². The van der Waals surface area contributed by atoms with Crippen LogP contribution in [0.2, 0.25) is 0 Å². The van der Waals surface area contributed by atoms with Gasteiger partial charge in [-0.15, -0.1) is 0 Å². The van der Waals surface area contributed by atoms with Gasteiger partial charge in [-0.25, -0.2) is 4.79 Å². The first-order valence-electron chi connectivity index (χ1n) is 5.74. The molecule has 0 heterocycles. The van der Waals surface area contributed by atoms with Crippen LogP contribution in [0.5, 0.6) is 0 Å². The molecule has 0 radical (unpaired) electrons. The van der Waals surface area contributed by atoms with Gasteiger partial charge in [0.1, 0.15) is 0 Å². The van der Waals surface area contributed by atoms with Crippen LogP contribution in [-0.4, -0.2) is 11.1 Å². The van der Waals surface area contributed by atoms with Crippen molar-refractivity contribution in [2.24, 2.45) is 0 Å². The molecule has 0 atom stereocenters. The van der Waals surface area contributed by atoms with Crippen molar-refractivity contribution in [2.45, 2.75) is 13.3 Å². The number of rotatable bonds is 3. The van der Waals surface area contributed by atoms with E-state index in [1.165, 1.54) is 0 Å². The number of nitrogen functional groups attached to an aromatic ring is 1. The lowest BCUT2D eigenvalue weighted by Crippen LogP contribution is -2.08. The monoisotopic (exact) mass is 241 g/mol. The second-order valence-electron chi connectivity index (χ2n) is 4.29. The largest absolute Gasteiger partial charge is 0.478 e. The summed E-state index contributed by atoms with van der Waals surface area (Å²) in [6, 6.07) is 13.1. The molecule has 3 N–H and O–H groups in total. The van der Waals surface area contributed by atoms with Crippen molar-refractivity contribution in [2.75, 3.05) is 5.73 Å². The number of benzene rings is 2. The molecule has 0 amide bonds. The Kier molecular flexibility index (Phi) is 3.33. The Morgan fingerprint density at radius 1 is 1.17 bits per heavy atom. The highest BCUT2D eigenvalue weighted by atomic mass is 16.4. The third-order valence-corrected chi connectivity index (χ3v) is 3.03. The standard InChI is InChI=1S/C15H15NO2/c1-10-7-8-12(15(17)18)13(14(10)16)9-11-5-3-2-4-6-11/h2-8H,9,16H2,1H3,(H,17,18). The zero-order valence-electron chi connectivity index (χ0n) is 10.2. The third kappa shape index (κ3) is 2.35. The van der Waals surface area contributed by atoms with Gasteiger partial charge in [-0.2, -0.15) is 0 Å². The Labute approximate surface area is 106 Å². The molecular weight excluding hydrogens is 226 g/mol. The molecule has 0 aliphatic rings. The second kappa shape index (κ2) is 4.92. The van der Waals surface area contributed by atoms with E-state index in [1.807, 2.05) is 37.3 Å². The summed E-state index contributed by atoms with van der Waals surface area (Å²) in [5, 5.41) is 9.20. The first kappa shape index (κ1) is 12.2. The van der Waals surface area contributed by atoms with Gasteiger partial charge >= 0.3 is 5.97 Å². The fourth-order valence-corrected chi connectivity index (χ4v) is 1.97. The smallest absolute Gasteiger partial charge is 0.336 e. The van der Waals surface area contributed by atoms with Crippen LogP contribution >= 0.6 is 0 Å². The maximum absolute atomic E-state index is 11.2. The Hall–Kier alpha value is -2.29. The van der Waals surface area contributed by atoms with E-state index in [9.17, 15) is 9.90 Å². The number of anilines is 1. The van der Waals surface area contributed by atoms with E-state index in [4.69, 9.17) is 5.73 Å². The molecular formula is C15H15NO2. The fourth-order valence-electron chi connectivity index (χ4n) is 1.97. The summed E-state index contributed by atoms with van der Waals surface area (Å²) in [5.41, 5.74) is 9.50. The first-order chi connectivity index (χ1) is 8.59. The summed E-state index contributed by atoms with van der Waals surface area (Å²) in [6.07, 6.45) is 0.538. The van der Waals surface area contributed by atoms with Crippen molar-refractivity contribution in [1.82, 2.24) is 0 Å². The summed E-state index contributed by atoms with van der Waals surface area (Å²) < 4.78 is 0. The summed E-state index contributed by atoms with van der Waals surface area (Å²) in [5.74, 6) is -0.937. The highest BCUT2D eigenvalue weighted by Gasteiger charge is 2.14. The van der Waals surface area contributed by atoms with E-state index in [0.29, 0.717) is 17.7 Å². The van der Waals surface area contributed by atoms with Gasteiger partial charge in [0, 0.05) is 12.1 Å². The molecule has 0 aliphatic carbocycles. The molecule has 0 aliphatic heterocycles. The maximum Gasteiger partial charge on any atom is 0.336 e. The lowest BCUT2D eigenvalue weighted by Gasteiger charge is -2.12. The molecule has 92 valence electrons. The van der Waals surface area contributed by atoms with Crippen molar-refractivity contribution >= 4 is 11.7 Å². The fraction of sp³-hybridized carbons (Fsp3) is 0.133. The number of carbonyl (C=O) groups is 1. The molecule has 0 unspecified atom stereocenters. The van der Waals surface area contributed by atoms with E-state index in [2.05, 4.69) is 0 Å². The number of hydrogen-bond acceptors (Lipinski definition) is 2. The van der Waals surface area contributed by atoms with Gasteiger partial charge in [0.25, 0.3) is 0 Å². The predicted molar refractivity (Wildman–Crippen MR) is 71.8 cm³/mol. The number of carboxylic acids is 1. The summed E-state index contributed by atoms with van der Waals surface area (Å²) in [7, 11) is 0. The highest BCUT2D eigenvalue weighted by molar-refractivity contribution is 5.91. The van der Waals surface area contributed by atoms with E-state index in [-0.39, 0.29) is 5.56 Å². The molecule has 0 fully saturated rings. The lowest BCUT2D eigenvalue weighted by atomic mass is 9.95. The average Bonchev–Trinajstić information content (AvgIpc) is 2.36. The molecule has 3 nitrogen and oxygen atoms in total. The van der Waals surface area contributed by atoms with Crippen LogP contribution in [-0.2, 0) is 6.42 Å². The van der Waals surface area contributed by atoms with Crippen molar-refractivity contribution in [3.8, 4) is 0 Å². The maximum atomic E-state index is 11.2. The minimum absolute atomic E-state index is 0.280. The molecule has 0 saturated heterocycles. The van der Waals surface area contributed by atoms with Gasteiger partial charge in [-0.05, 0) is 29.7 Å². The Morgan fingerprint density at radius 2 is 1.83 bits per heavy atom. The van der Waals surface area contributed by atoms with Crippen LogP contribution < -0.4 is 5.73 Å². The zero-order chi connectivity index (χ0) is 13.1. The van der Waals surface area contributed by atoms with Crippen LogP contribution in [0.15, 0.2) is 42.5 Å². The number of nitrogens with two attached hydrogens (primary N) is 1. The van der Waals surface area contributed by atoms with E-state index < -0.39 is 5.97 Å².